The summed E-state index contributed by atoms with van der Waals surface area (Å²) in [6, 6.07) is 5.88. The first-order valence-corrected chi connectivity index (χ1v) is 7.63. The van der Waals surface area contributed by atoms with Gasteiger partial charge in [0.2, 0.25) is 0 Å². The van der Waals surface area contributed by atoms with Crippen molar-refractivity contribution in [3.8, 4) is 0 Å². The number of carbonyl (C=O) groups is 1. The van der Waals surface area contributed by atoms with E-state index in [0.29, 0.717) is 28.9 Å². The zero-order valence-electron chi connectivity index (χ0n) is 13.4. The lowest BCUT2D eigenvalue weighted by Gasteiger charge is -2.05. The third kappa shape index (κ3) is 2.80. The first kappa shape index (κ1) is 15.9. The summed E-state index contributed by atoms with van der Waals surface area (Å²) in [6.07, 6.45) is 2.04. The summed E-state index contributed by atoms with van der Waals surface area (Å²) < 4.78 is 14.2. The average molecular weight is 328 g/mol. The van der Waals surface area contributed by atoms with Crippen molar-refractivity contribution in [3.63, 3.8) is 0 Å². The van der Waals surface area contributed by atoms with Gasteiger partial charge in [-0.05, 0) is 31.0 Å². The molecule has 7 heteroatoms. The van der Waals surface area contributed by atoms with Crippen LogP contribution in [0, 0.1) is 12.7 Å². The molecule has 2 aromatic heterocycles. The van der Waals surface area contributed by atoms with Crippen LogP contribution in [0.1, 0.15) is 34.1 Å². The van der Waals surface area contributed by atoms with E-state index in [1.165, 1.54) is 22.8 Å². The van der Waals surface area contributed by atoms with Gasteiger partial charge in [-0.15, -0.1) is 0 Å². The lowest BCUT2D eigenvalue weighted by atomic mass is 10.2. The molecule has 2 heterocycles. The summed E-state index contributed by atoms with van der Waals surface area (Å²) >= 11 is 0. The van der Waals surface area contributed by atoms with Gasteiger partial charge in [0.25, 0.3) is 11.5 Å². The van der Waals surface area contributed by atoms with Gasteiger partial charge >= 0.3 is 0 Å². The van der Waals surface area contributed by atoms with Gasteiger partial charge in [0, 0.05) is 24.0 Å². The van der Waals surface area contributed by atoms with Crippen LogP contribution >= 0.6 is 0 Å². The highest BCUT2D eigenvalue weighted by molar-refractivity contribution is 5.99. The molecule has 3 aromatic rings. The smallest absolute Gasteiger partial charge is 0.276 e. The van der Waals surface area contributed by atoms with Gasteiger partial charge in [0.15, 0.2) is 5.65 Å². The Kier molecular flexibility index (Phi) is 4.16. The Morgan fingerprint density at radius 1 is 1.33 bits per heavy atom. The van der Waals surface area contributed by atoms with Crippen LogP contribution in [-0.2, 0) is 13.0 Å². The molecule has 24 heavy (non-hydrogen) atoms. The van der Waals surface area contributed by atoms with Crippen LogP contribution in [0.2, 0.25) is 0 Å². The van der Waals surface area contributed by atoms with Crippen molar-refractivity contribution in [3.05, 3.63) is 69.0 Å². The van der Waals surface area contributed by atoms with Gasteiger partial charge in [-0.2, -0.15) is 0 Å². The van der Waals surface area contributed by atoms with E-state index in [9.17, 15) is 14.0 Å². The molecule has 0 unspecified atom stereocenters. The quantitative estimate of drug-likeness (QED) is 0.768. The average Bonchev–Trinajstić information content (AvgIpc) is 2.98. The van der Waals surface area contributed by atoms with Crippen LogP contribution in [-0.4, -0.2) is 20.5 Å². The normalized spacial score (nSPS) is 11.0. The summed E-state index contributed by atoms with van der Waals surface area (Å²) in [6.45, 7) is 3.90. The Hall–Kier alpha value is -2.96. The predicted molar refractivity (Wildman–Crippen MR) is 87.5 cm³/mol. The molecule has 1 amide bonds. The molecule has 0 radical (unpaired) electrons. The molecule has 0 saturated carbocycles. The highest BCUT2D eigenvalue weighted by atomic mass is 19.1. The number of nitrogens with one attached hydrogen (secondary N) is 2. The monoisotopic (exact) mass is 328 g/mol. The number of nitrogens with zero attached hydrogens (tertiary/aromatic N) is 2. The fourth-order valence-electron chi connectivity index (χ4n) is 2.61. The number of rotatable bonds is 4. The molecular weight excluding hydrogens is 311 g/mol. The number of halogens is 1. The predicted octanol–water partition coefficient (Wildman–Crippen LogP) is 1.96. The Morgan fingerprint density at radius 2 is 2.04 bits per heavy atom. The number of hydrogen-bond donors (Lipinski definition) is 2. The fourth-order valence-corrected chi connectivity index (χ4v) is 2.61. The molecule has 0 aliphatic rings. The van der Waals surface area contributed by atoms with Crippen molar-refractivity contribution in [1.82, 2.24) is 19.9 Å². The summed E-state index contributed by atoms with van der Waals surface area (Å²) in [5.41, 5.74) is 2.41. The first-order chi connectivity index (χ1) is 11.5. The van der Waals surface area contributed by atoms with Gasteiger partial charge in [-0.1, -0.05) is 19.1 Å². The highest BCUT2D eigenvalue weighted by Gasteiger charge is 2.17. The topological polar surface area (TPSA) is 79.3 Å². The Bertz CT molecular complexity index is 957. The molecule has 0 fully saturated rings. The summed E-state index contributed by atoms with van der Waals surface area (Å²) in [5, 5.41) is 5.52. The number of carbonyl (C=O) groups excluding carboxylic acids is 1. The van der Waals surface area contributed by atoms with Gasteiger partial charge in [-0.3, -0.25) is 14.7 Å². The van der Waals surface area contributed by atoms with Gasteiger partial charge in [-0.25, -0.2) is 13.9 Å². The van der Waals surface area contributed by atoms with Gasteiger partial charge < -0.3 is 5.32 Å². The van der Waals surface area contributed by atoms with E-state index in [1.54, 1.807) is 19.1 Å². The van der Waals surface area contributed by atoms with Crippen LogP contribution in [0.25, 0.3) is 5.65 Å². The number of hydrogen-bond acceptors (Lipinski definition) is 3. The van der Waals surface area contributed by atoms with E-state index in [0.717, 1.165) is 5.56 Å². The SMILES string of the molecule is CCc1c(C)nc2c(C(=O)NCc3ccc(F)cc3)c[nH]n2c1=O. The number of aryl methyl sites for hydroxylation is 1. The molecule has 124 valence electrons. The van der Waals surface area contributed by atoms with Crippen LogP contribution in [0.5, 0.6) is 0 Å². The second-order valence-corrected chi connectivity index (χ2v) is 5.49. The largest absolute Gasteiger partial charge is 0.348 e. The van der Waals surface area contributed by atoms with E-state index in [4.69, 9.17) is 0 Å². The van der Waals surface area contributed by atoms with Crippen LogP contribution in [0.15, 0.2) is 35.3 Å². The van der Waals surface area contributed by atoms with E-state index in [2.05, 4.69) is 15.4 Å². The van der Waals surface area contributed by atoms with Crippen LogP contribution < -0.4 is 10.9 Å². The zero-order chi connectivity index (χ0) is 17.3. The minimum absolute atomic E-state index is 0.197. The van der Waals surface area contributed by atoms with Crippen molar-refractivity contribution in [1.29, 1.82) is 0 Å². The summed E-state index contributed by atoms with van der Waals surface area (Å²) in [7, 11) is 0. The standard InChI is InChI=1S/C17H17FN4O2/c1-3-13-10(2)21-15-14(9-20-22(15)17(13)24)16(23)19-8-11-4-6-12(18)7-5-11/h4-7,9,20H,3,8H2,1-2H3,(H,19,23). The number of aromatic nitrogens is 3. The number of benzene rings is 1. The molecule has 0 aliphatic carbocycles. The Morgan fingerprint density at radius 3 is 2.71 bits per heavy atom. The molecule has 2 N–H and O–H groups in total. The molecule has 0 bridgehead atoms. The summed E-state index contributed by atoms with van der Waals surface area (Å²) in [5.74, 6) is -0.680. The van der Waals surface area contributed by atoms with Crippen molar-refractivity contribution < 1.29 is 9.18 Å². The van der Waals surface area contributed by atoms with Crippen LogP contribution in [0.4, 0.5) is 4.39 Å². The summed E-state index contributed by atoms with van der Waals surface area (Å²) in [4.78, 5) is 29.1. The second kappa shape index (κ2) is 6.27. The number of H-pyrrole nitrogens is 1. The maximum atomic E-state index is 12.9. The molecule has 0 atom stereocenters. The molecule has 3 rings (SSSR count). The minimum atomic E-state index is -0.353. The highest BCUT2D eigenvalue weighted by Crippen LogP contribution is 2.10. The van der Waals surface area contributed by atoms with E-state index in [-0.39, 0.29) is 23.8 Å². The molecule has 1 aromatic carbocycles. The first-order valence-electron chi connectivity index (χ1n) is 7.63. The number of aromatic amines is 1. The molecule has 0 saturated heterocycles. The third-order valence-electron chi connectivity index (χ3n) is 3.93. The second-order valence-electron chi connectivity index (χ2n) is 5.49. The number of amides is 1. The van der Waals surface area contributed by atoms with Crippen molar-refractivity contribution in [2.45, 2.75) is 26.8 Å². The van der Waals surface area contributed by atoms with Crippen molar-refractivity contribution >= 4 is 11.6 Å². The maximum absolute atomic E-state index is 12.9. The Balaban J connectivity index is 1.88. The maximum Gasteiger partial charge on any atom is 0.276 e. The van der Waals surface area contributed by atoms with Crippen molar-refractivity contribution in [2.75, 3.05) is 0 Å². The zero-order valence-corrected chi connectivity index (χ0v) is 13.4. The van der Waals surface area contributed by atoms with Crippen molar-refractivity contribution in [2.24, 2.45) is 0 Å². The third-order valence-corrected chi connectivity index (χ3v) is 3.93. The van der Waals surface area contributed by atoms with E-state index >= 15 is 0 Å². The van der Waals surface area contributed by atoms with Gasteiger partial charge in [0.05, 0.1) is 0 Å². The van der Waals surface area contributed by atoms with Gasteiger partial charge in [0.1, 0.15) is 11.4 Å². The fraction of sp³-hybridized carbons (Fsp3) is 0.235. The number of fused-ring (bicyclic) bond motifs is 1. The lowest BCUT2D eigenvalue weighted by molar-refractivity contribution is 0.0952. The molecule has 0 aliphatic heterocycles. The van der Waals surface area contributed by atoms with Crippen LogP contribution in [0.3, 0.4) is 0 Å². The Labute approximate surface area is 137 Å². The molecule has 6 nitrogen and oxygen atoms in total. The van der Waals surface area contributed by atoms with E-state index in [1.807, 2.05) is 6.92 Å². The molecule has 0 spiro atoms. The lowest BCUT2D eigenvalue weighted by Crippen LogP contribution is -2.25. The minimum Gasteiger partial charge on any atom is -0.348 e. The van der Waals surface area contributed by atoms with E-state index < -0.39 is 0 Å². The molecular formula is C17H17FN4O2.